The number of aliphatic carboxylic acids is 1. The molecule has 1 unspecified atom stereocenters. The maximum atomic E-state index is 11.6. The first-order valence-electron chi connectivity index (χ1n) is 12.7. The zero-order valence-electron chi connectivity index (χ0n) is 21.0. The van der Waals surface area contributed by atoms with E-state index in [4.69, 9.17) is 4.74 Å². The van der Waals surface area contributed by atoms with Crippen LogP contribution in [0.3, 0.4) is 0 Å². The predicted molar refractivity (Wildman–Crippen MR) is 152 cm³/mol. The number of aliphatic hydroxyl groups excluding tert-OH is 1. The summed E-state index contributed by atoms with van der Waals surface area (Å²) in [4.78, 5) is 18.5. The minimum absolute atomic E-state index is 0. The Morgan fingerprint density at radius 3 is 2.69 bits per heavy atom. The molecule has 202 valence electrons. The van der Waals surface area contributed by atoms with Gasteiger partial charge in [0.15, 0.2) is 0 Å². The van der Waals surface area contributed by atoms with Crippen molar-refractivity contribution >= 4 is 53.4 Å². The van der Waals surface area contributed by atoms with E-state index >= 15 is 0 Å². The van der Waals surface area contributed by atoms with Gasteiger partial charge in [-0.1, -0.05) is 12.8 Å². The number of carboxylic acids is 1. The van der Waals surface area contributed by atoms with Gasteiger partial charge in [0.25, 0.3) is 0 Å². The highest BCUT2D eigenvalue weighted by Gasteiger charge is 2.31. The fourth-order valence-electron chi connectivity index (χ4n) is 5.69. The summed E-state index contributed by atoms with van der Waals surface area (Å²) in [6.45, 7) is 2.93. The van der Waals surface area contributed by atoms with Gasteiger partial charge < -0.3 is 19.8 Å². The number of methoxy groups -OCH3 is 1. The van der Waals surface area contributed by atoms with Crippen LogP contribution in [0.15, 0.2) is 30.5 Å². The van der Waals surface area contributed by atoms with E-state index < -0.39 is 12.1 Å². The fourth-order valence-corrected chi connectivity index (χ4v) is 7.05. The lowest BCUT2D eigenvalue weighted by Crippen LogP contribution is -2.42. The van der Waals surface area contributed by atoms with Gasteiger partial charge in [-0.25, -0.2) is 0 Å². The zero-order chi connectivity index (χ0) is 23.9. The molecule has 2 fully saturated rings. The fraction of sp³-hybridized carbons (Fsp3) is 0.630. The Morgan fingerprint density at radius 1 is 1.19 bits per heavy atom. The number of hydrogen-bond acceptors (Lipinski definition) is 6. The van der Waals surface area contributed by atoms with Crippen molar-refractivity contribution in [1.29, 1.82) is 0 Å². The lowest BCUT2D eigenvalue weighted by molar-refractivity contribution is -0.139. The van der Waals surface area contributed by atoms with Crippen molar-refractivity contribution in [2.75, 3.05) is 32.5 Å². The van der Waals surface area contributed by atoms with Gasteiger partial charge in [0.05, 0.1) is 18.7 Å². The van der Waals surface area contributed by atoms with Crippen LogP contribution in [-0.2, 0) is 4.79 Å². The molecule has 1 aliphatic carbocycles. The molecular weight excluding hydrogens is 519 g/mol. The lowest BCUT2D eigenvalue weighted by atomic mass is 9.79. The maximum absolute atomic E-state index is 11.6. The molecule has 0 amide bonds. The Hall–Kier alpha value is -1.25. The summed E-state index contributed by atoms with van der Waals surface area (Å²) < 4.78 is 5.36. The van der Waals surface area contributed by atoms with Crippen LogP contribution < -0.4 is 4.74 Å². The number of aliphatic hydroxyl groups is 1. The van der Waals surface area contributed by atoms with Crippen LogP contribution in [0.2, 0.25) is 0 Å². The van der Waals surface area contributed by atoms with E-state index in [2.05, 4.69) is 21.6 Å². The van der Waals surface area contributed by atoms with Gasteiger partial charge in [0.2, 0.25) is 0 Å². The monoisotopic (exact) mass is 558 g/mol. The number of carboxylic acid groups (broad SMARTS) is 1. The van der Waals surface area contributed by atoms with E-state index in [9.17, 15) is 15.0 Å². The summed E-state index contributed by atoms with van der Waals surface area (Å²) >= 11 is 2.10. The van der Waals surface area contributed by atoms with Crippen LogP contribution in [0, 0.1) is 11.8 Å². The van der Waals surface area contributed by atoms with Crippen molar-refractivity contribution in [2.24, 2.45) is 11.8 Å². The molecule has 1 saturated carbocycles. The number of thioether (sulfide) groups is 1. The third-order valence-corrected chi connectivity index (χ3v) is 8.99. The molecule has 2 N–H and O–H groups in total. The van der Waals surface area contributed by atoms with Crippen LogP contribution in [0.25, 0.3) is 10.9 Å². The average Bonchev–Trinajstić information content (AvgIpc) is 3.36. The van der Waals surface area contributed by atoms with Crippen LogP contribution >= 0.6 is 36.6 Å². The summed E-state index contributed by atoms with van der Waals surface area (Å²) in [5.41, 5.74) is 1.70. The molecule has 2 aliphatic rings. The molecule has 2 aromatic rings. The van der Waals surface area contributed by atoms with Crippen molar-refractivity contribution < 1.29 is 19.7 Å². The van der Waals surface area contributed by atoms with Gasteiger partial charge >= 0.3 is 5.97 Å². The number of likely N-dealkylation sites (tertiary alicyclic amines) is 1. The van der Waals surface area contributed by atoms with E-state index in [0.717, 1.165) is 65.7 Å². The molecule has 3 atom stereocenters. The smallest absolute Gasteiger partial charge is 0.303 e. The lowest BCUT2D eigenvalue weighted by Gasteiger charge is -2.38. The summed E-state index contributed by atoms with van der Waals surface area (Å²) in [5, 5.41) is 22.3. The van der Waals surface area contributed by atoms with Gasteiger partial charge in [-0.2, -0.15) is 11.8 Å². The molecule has 6 nitrogen and oxygen atoms in total. The Balaban J connectivity index is 0.00000228. The van der Waals surface area contributed by atoms with Gasteiger partial charge in [0, 0.05) is 42.1 Å². The van der Waals surface area contributed by atoms with Gasteiger partial charge in [0.1, 0.15) is 5.75 Å². The van der Waals surface area contributed by atoms with Crippen LogP contribution in [0.1, 0.15) is 63.0 Å². The molecule has 1 aromatic heterocycles. The largest absolute Gasteiger partial charge is 0.497 e. The van der Waals surface area contributed by atoms with E-state index in [1.165, 1.54) is 25.7 Å². The van der Waals surface area contributed by atoms with Crippen molar-refractivity contribution in [3.8, 4) is 5.75 Å². The number of halogens is 2. The third kappa shape index (κ3) is 8.38. The molecule has 2 heterocycles. The number of pyridine rings is 1. The first-order valence-corrected chi connectivity index (χ1v) is 13.7. The second-order valence-electron chi connectivity index (χ2n) is 9.86. The Bertz CT molecular complexity index is 961. The van der Waals surface area contributed by atoms with Crippen molar-refractivity contribution in [1.82, 2.24) is 9.88 Å². The van der Waals surface area contributed by atoms with Gasteiger partial charge in [-0.05, 0) is 80.3 Å². The number of rotatable bonds is 11. The Labute approximate surface area is 231 Å². The minimum atomic E-state index is -0.718. The molecular formula is C27H40Cl2N2O4S. The maximum Gasteiger partial charge on any atom is 0.303 e. The Kier molecular flexibility index (Phi) is 13.1. The highest BCUT2D eigenvalue weighted by Crippen LogP contribution is 2.35. The topological polar surface area (TPSA) is 82.9 Å². The SMILES string of the molecule is COc1ccc2nccc(C(O)CC[C@@H]3CCN(CCSC4CCCC4)C[C@@H]3CC(=O)O)c2c1.Cl.Cl. The summed E-state index contributed by atoms with van der Waals surface area (Å²) in [6.07, 6.45) is 9.26. The molecule has 0 bridgehead atoms. The molecule has 4 rings (SSSR count). The second-order valence-corrected chi connectivity index (χ2v) is 11.3. The molecule has 0 spiro atoms. The number of ether oxygens (including phenoxy) is 1. The number of aromatic nitrogens is 1. The van der Waals surface area contributed by atoms with Gasteiger partial charge in [-0.15, -0.1) is 24.8 Å². The summed E-state index contributed by atoms with van der Waals surface area (Å²) in [6, 6.07) is 7.60. The number of nitrogens with zero attached hydrogens (tertiary/aromatic N) is 2. The second kappa shape index (κ2) is 15.2. The highest BCUT2D eigenvalue weighted by atomic mass is 35.5. The number of carbonyl (C=O) groups is 1. The normalized spacial score (nSPS) is 21.5. The van der Waals surface area contributed by atoms with E-state index in [0.29, 0.717) is 12.3 Å². The molecule has 1 saturated heterocycles. The Morgan fingerprint density at radius 2 is 1.97 bits per heavy atom. The van der Waals surface area contributed by atoms with Crippen LogP contribution in [-0.4, -0.2) is 63.8 Å². The molecule has 0 radical (unpaired) electrons. The number of benzene rings is 1. The zero-order valence-corrected chi connectivity index (χ0v) is 23.5. The third-order valence-electron chi connectivity index (χ3n) is 7.63. The van der Waals surface area contributed by atoms with Crippen LogP contribution in [0.5, 0.6) is 5.75 Å². The minimum Gasteiger partial charge on any atom is -0.497 e. The van der Waals surface area contributed by atoms with E-state index in [1.54, 1.807) is 13.3 Å². The number of piperidine rings is 1. The number of hydrogen-bond donors (Lipinski definition) is 2. The molecule has 9 heteroatoms. The van der Waals surface area contributed by atoms with E-state index in [1.807, 2.05) is 24.3 Å². The van der Waals surface area contributed by atoms with Crippen molar-refractivity contribution in [3.63, 3.8) is 0 Å². The van der Waals surface area contributed by atoms with Crippen molar-refractivity contribution in [2.45, 2.75) is 62.7 Å². The van der Waals surface area contributed by atoms with Crippen molar-refractivity contribution in [3.05, 3.63) is 36.0 Å². The number of fused-ring (bicyclic) bond motifs is 1. The first-order chi connectivity index (χ1) is 16.5. The standard InChI is InChI=1S/C27H38N2O4S.2ClH/c1-33-21-7-8-25-24(17-21)23(10-12-28-25)26(30)9-6-19-11-13-29(18-20(19)16-27(31)32)14-15-34-22-4-2-3-5-22;;/h7-8,10,12,17,19-20,22,26,30H,2-6,9,11,13-16,18H2,1H3,(H,31,32);2*1H/t19-,20+,26?;;/m1../s1. The highest BCUT2D eigenvalue weighted by molar-refractivity contribution is 7.99. The predicted octanol–water partition coefficient (Wildman–Crippen LogP) is 5.99. The van der Waals surface area contributed by atoms with Gasteiger partial charge in [-0.3, -0.25) is 9.78 Å². The average molecular weight is 560 g/mol. The van der Waals surface area contributed by atoms with E-state index in [-0.39, 0.29) is 37.2 Å². The summed E-state index contributed by atoms with van der Waals surface area (Å²) in [7, 11) is 1.63. The van der Waals surface area contributed by atoms with Crippen LogP contribution in [0.4, 0.5) is 0 Å². The molecule has 36 heavy (non-hydrogen) atoms. The summed E-state index contributed by atoms with van der Waals surface area (Å²) in [5.74, 6) is 1.64. The first kappa shape index (κ1) is 31.0. The molecule has 1 aliphatic heterocycles. The molecule has 1 aromatic carbocycles. The quantitative estimate of drug-likeness (QED) is 0.350.